The zero-order valence-electron chi connectivity index (χ0n) is 16.5. The molecule has 4 rings (SSSR count). The topological polar surface area (TPSA) is 59.8 Å². The average molecular weight is 395 g/mol. The van der Waals surface area contributed by atoms with Crippen molar-refractivity contribution in [3.05, 3.63) is 68.4 Å². The van der Waals surface area contributed by atoms with E-state index in [1.807, 2.05) is 48.1 Å². The number of fused-ring (bicyclic) bond motifs is 1. The van der Waals surface area contributed by atoms with Crippen molar-refractivity contribution in [3.63, 3.8) is 0 Å². The predicted molar refractivity (Wildman–Crippen MR) is 112 cm³/mol. The number of thiazole rings is 1. The maximum Gasteiger partial charge on any atom is 0.255 e. The highest BCUT2D eigenvalue weighted by molar-refractivity contribution is 7.11. The molecule has 0 saturated carbocycles. The molecule has 0 radical (unpaired) electrons. The molecule has 0 spiro atoms. The second-order valence-corrected chi connectivity index (χ2v) is 8.55. The van der Waals surface area contributed by atoms with E-state index in [0.29, 0.717) is 18.7 Å². The Hall–Kier alpha value is -2.47. The van der Waals surface area contributed by atoms with E-state index in [0.717, 1.165) is 29.2 Å². The van der Waals surface area contributed by atoms with Crippen molar-refractivity contribution in [2.24, 2.45) is 0 Å². The number of aromatic nitrogens is 3. The summed E-state index contributed by atoms with van der Waals surface area (Å²) < 4.78 is 1.91. The summed E-state index contributed by atoms with van der Waals surface area (Å²) in [6.07, 6.45) is 5.59. The maximum absolute atomic E-state index is 12.8. The smallest absolute Gasteiger partial charge is 0.255 e. The van der Waals surface area contributed by atoms with E-state index in [1.54, 1.807) is 0 Å². The van der Waals surface area contributed by atoms with Crippen LogP contribution in [0.15, 0.2) is 30.3 Å². The van der Waals surface area contributed by atoms with Gasteiger partial charge in [-0.05, 0) is 45.1 Å². The van der Waals surface area contributed by atoms with Crippen molar-refractivity contribution in [2.75, 3.05) is 6.54 Å². The van der Waals surface area contributed by atoms with E-state index in [-0.39, 0.29) is 5.91 Å². The number of hydrogen-bond donors (Lipinski definition) is 1. The quantitative estimate of drug-likeness (QED) is 0.691. The molecule has 0 bridgehead atoms. The van der Waals surface area contributed by atoms with E-state index in [4.69, 9.17) is 4.98 Å². The fourth-order valence-electron chi connectivity index (χ4n) is 3.82. The first-order chi connectivity index (χ1) is 13.6. The van der Waals surface area contributed by atoms with Crippen LogP contribution in [0.2, 0.25) is 0 Å². The van der Waals surface area contributed by atoms with Crippen molar-refractivity contribution in [1.29, 1.82) is 0 Å². The molecular formula is C22H26N4OS. The molecule has 2 heterocycles. The van der Waals surface area contributed by atoms with Gasteiger partial charge in [-0.25, -0.2) is 4.98 Å². The normalized spacial score (nSPS) is 13.4. The van der Waals surface area contributed by atoms with E-state index in [9.17, 15) is 4.79 Å². The molecule has 0 unspecified atom stereocenters. The third kappa shape index (κ3) is 4.02. The van der Waals surface area contributed by atoms with Crippen LogP contribution in [0, 0.1) is 13.8 Å². The average Bonchev–Trinajstić information content (AvgIpc) is 3.22. The standard InChI is InChI=1S/C22H26N4OS/c1-15-21(16(2)26(25-15)14-17-8-4-3-5-9-17)22(27)23-13-12-20-24-18-10-6-7-11-19(18)28-20/h3-5,8-9H,6-7,10-14H2,1-2H3,(H,23,27). The molecular weight excluding hydrogens is 368 g/mol. The van der Waals surface area contributed by atoms with Gasteiger partial charge in [0.15, 0.2) is 0 Å². The van der Waals surface area contributed by atoms with Crippen molar-refractivity contribution in [1.82, 2.24) is 20.1 Å². The number of nitrogens with one attached hydrogen (secondary N) is 1. The van der Waals surface area contributed by atoms with Gasteiger partial charge in [-0.15, -0.1) is 11.3 Å². The molecule has 1 aromatic carbocycles. The first-order valence-corrected chi connectivity index (χ1v) is 10.8. The van der Waals surface area contributed by atoms with Gasteiger partial charge < -0.3 is 5.32 Å². The number of hydrogen-bond acceptors (Lipinski definition) is 4. The summed E-state index contributed by atoms with van der Waals surface area (Å²) in [4.78, 5) is 19.0. The molecule has 146 valence electrons. The lowest BCUT2D eigenvalue weighted by Crippen LogP contribution is -2.26. The largest absolute Gasteiger partial charge is 0.351 e. The molecule has 1 aliphatic rings. The van der Waals surface area contributed by atoms with Gasteiger partial charge >= 0.3 is 0 Å². The monoisotopic (exact) mass is 394 g/mol. The number of carbonyl (C=O) groups is 1. The van der Waals surface area contributed by atoms with Crippen LogP contribution >= 0.6 is 11.3 Å². The van der Waals surface area contributed by atoms with Gasteiger partial charge in [0.2, 0.25) is 0 Å². The summed E-state index contributed by atoms with van der Waals surface area (Å²) in [5.74, 6) is -0.0457. The fraction of sp³-hybridized carbons (Fsp3) is 0.409. The second kappa shape index (κ2) is 8.27. The van der Waals surface area contributed by atoms with E-state index < -0.39 is 0 Å². The van der Waals surface area contributed by atoms with Gasteiger partial charge in [0.1, 0.15) is 0 Å². The highest BCUT2D eigenvalue weighted by Gasteiger charge is 2.19. The van der Waals surface area contributed by atoms with Crippen LogP contribution in [-0.2, 0) is 25.8 Å². The van der Waals surface area contributed by atoms with Crippen molar-refractivity contribution >= 4 is 17.2 Å². The first-order valence-electron chi connectivity index (χ1n) is 9.95. The third-order valence-electron chi connectivity index (χ3n) is 5.30. The summed E-state index contributed by atoms with van der Waals surface area (Å²) in [6, 6.07) is 10.2. The molecule has 0 fully saturated rings. The molecule has 2 aromatic heterocycles. The highest BCUT2D eigenvalue weighted by atomic mass is 32.1. The SMILES string of the molecule is Cc1nn(Cc2ccccc2)c(C)c1C(=O)NCCc1nc2c(s1)CCCC2. The second-order valence-electron chi connectivity index (χ2n) is 7.38. The van der Waals surface area contributed by atoms with Crippen molar-refractivity contribution < 1.29 is 4.79 Å². The molecule has 3 aromatic rings. The minimum Gasteiger partial charge on any atom is -0.351 e. The molecule has 1 amide bonds. The fourth-order valence-corrected chi connectivity index (χ4v) is 4.98. The van der Waals surface area contributed by atoms with Crippen molar-refractivity contribution in [2.45, 2.75) is 52.5 Å². The predicted octanol–water partition coefficient (Wildman–Crippen LogP) is 3.86. The molecule has 5 nitrogen and oxygen atoms in total. The van der Waals surface area contributed by atoms with E-state index >= 15 is 0 Å². The Labute approximate surface area is 169 Å². The van der Waals surface area contributed by atoms with Gasteiger partial charge in [-0.3, -0.25) is 9.48 Å². The molecule has 1 N–H and O–H groups in total. The lowest BCUT2D eigenvalue weighted by atomic mass is 10.0. The highest BCUT2D eigenvalue weighted by Crippen LogP contribution is 2.26. The molecule has 1 aliphatic carbocycles. The van der Waals surface area contributed by atoms with E-state index in [2.05, 4.69) is 22.5 Å². The third-order valence-corrected chi connectivity index (χ3v) is 6.52. The summed E-state index contributed by atoms with van der Waals surface area (Å²) in [5, 5.41) is 8.78. The van der Waals surface area contributed by atoms with Gasteiger partial charge in [-0.1, -0.05) is 30.3 Å². The number of amides is 1. The Balaban J connectivity index is 1.38. The zero-order valence-corrected chi connectivity index (χ0v) is 17.3. The first kappa shape index (κ1) is 18.9. The lowest BCUT2D eigenvalue weighted by Gasteiger charge is -2.07. The number of carbonyl (C=O) groups excluding carboxylic acids is 1. The van der Waals surface area contributed by atoms with Gasteiger partial charge in [0.05, 0.1) is 28.5 Å². The summed E-state index contributed by atoms with van der Waals surface area (Å²) in [7, 11) is 0. The zero-order chi connectivity index (χ0) is 19.5. The van der Waals surface area contributed by atoms with Crippen LogP contribution < -0.4 is 5.32 Å². The molecule has 0 saturated heterocycles. The van der Waals surface area contributed by atoms with Gasteiger partial charge in [0, 0.05) is 23.5 Å². The Kier molecular flexibility index (Phi) is 5.57. The summed E-state index contributed by atoms with van der Waals surface area (Å²) >= 11 is 1.82. The molecule has 0 atom stereocenters. The Morgan fingerprint density at radius 2 is 1.96 bits per heavy atom. The number of aryl methyl sites for hydroxylation is 3. The van der Waals surface area contributed by atoms with Crippen LogP contribution in [0.4, 0.5) is 0 Å². The summed E-state index contributed by atoms with van der Waals surface area (Å²) in [6.45, 7) is 5.14. The van der Waals surface area contributed by atoms with E-state index in [1.165, 1.54) is 35.4 Å². The molecule has 6 heteroatoms. The minimum atomic E-state index is -0.0457. The molecule has 0 aliphatic heterocycles. The lowest BCUT2D eigenvalue weighted by molar-refractivity contribution is 0.0953. The summed E-state index contributed by atoms with van der Waals surface area (Å²) in [5.41, 5.74) is 4.83. The van der Waals surface area contributed by atoms with Crippen molar-refractivity contribution in [3.8, 4) is 0 Å². The van der Waals surface area contributed by atoms with Crippen LogP contribution in [0.5, 0.6) is 0 Å². The number of rotatable bonds is 6. The van der Waals surface area contributed by atoms with Gasteiger partial charge in [-0.2, -0.15) is 5.10 Å². The Morgan fingerprint density at radius 3 is 2.75 bits per heavy atom. The Bertz CT molecular complexity index is 951. The van der Waals surface area contributed by atoms with Crippen LogP contribution in [-0.4, -0.2) is 27.2 Å². The number of benzene rings is 1. The number of nitrogens with zero attached hydrogens (tertiary/aromatic N) is 3. The van der Waals surface area contributed by atoms with Crippen LogP contribution in [0.25, 0.3) is 0 Å². The van der Waals surface area contributed by atoms with Gasteiger partial charge in [0.25, 0.3) is 5.91 Å². The molecule has 28 heavy (non-hydrogen) atoms. The minimum absolute atomic E-state index is 0.0457. The van der Waals surface area contributed by atoms with Crippen LogP contribution in [0.1, 0.15) is 55.7 Å². The van der Waals surface area contributed by atoms with Crippen LogP contribution in [0.3, 0.4) is 0 Å². The maximum atomic E-state index is 12.8. The Morgan fingerprint density at radius 1 is 1.18 bits per heavy atom.